The summed E-state index contributed by atoms with van der Waals surface area (Å²) in [4.78, 5) is 10.8. The Morgan fingerprint density at radius 1 is 1.47 bits per heavy atom. The van der Waals surface area contributed by atoms with E-state index in [4.69, 9.17) is 11.5 Å². The van der Waals surface area contributed by atoms with Gasteiger partial charge in [-0.15, -0.1) is 0 Å². The van der Waals surface area contributed by atoms with Gasteiger partial charge in [0.2, 0.25) is 5.91 Å². The van der Waals surface area contributed by atoms with Gasteiger partial charge >= 0.3 is 0 Å². The molecule has 5 N–H and O–H groups in total. The van der Waals surface area contributed by atoms with Crippen molar-refractivity contribution in [2.75, 3.05) is 6.54 Å². The van der Waals surface area contributed by atoms with Gasteiger partial charge in [-0.1, -0.05) is 13.8 Å². The molecule has 1 aliphatic rings. The Morgan fingerprint density at radius 3 is 2.67 bits per heavy atom. The summed E-state index contributed by atoms with van der Waals surface area (Å²) in [5.41, 5.74) is 10.7. The predicted molar refractivity (Wildman–Crippen MR) is 61.1 cm³/mol. The van der Waals surface area contributed by atoms with Crippen LogP contribution in [0.1, 0.15) is 33.1 Å². The summed E-state index contributed by atoms with van der Waals surface area (Å²) in [6.45, 7) is 5.05. The maximum atomic E-state index is 10.8. The SMILES string of the molecule is CC1CCC(NCC(N)C(N)=O)C(C)C1. The molecule has 4 atom stereocenters. The van der Waals surface area contributed by atoms with Gasteiger partial charge in [0.05, 0.1) is 6.04 Å². The first kappa shape index (κ1) is 12.5. The Kier molecular flexibility index (Phi) is 4.54. The van der Waals surface area contributed by atoms with Gasteiger partial charge in [-0.25, -0.2) is 0 Å². The minimum absolute atomic E-state index is 0.431. The number of rotatable bonds is 4. The van der Waals surface area contributed by atoms with Crippen LogP contribution in [0.25, 0.3) is 0 Å². The van der Waals surface area contributed by atoms with Crippen molar-refractivity contribution in [2.24, 2.45) is 23.3 Å². The van der Waals surface area contributed by atoms with Crippen LogP contribution in [0.4, 0.5) is 0 Å². The quantitative estimate of drug-likeness (QED) is 0.624. The standard InChI is InChI=1S/C11H23N3O/c1-7-3-4-10(8(2)5-7)14-6-9(12)11(13)15/h7-10,14H,3-6,12H2,1-2H3,(H2,13,15). The summed E-state index contributed by atoms with van der Waals surface area (Å²) < 4.78 is 0. The third kappa shape index (κ3) is 3.80. The number of carbonyl (C=O) groups is 1. The van der Waals surface area contributed by atoms with E-state index >= 15 is 0 Å². The molecule has 0 radical (unpaired) electrons. The predicted octanol–water partition coefficient (Wildman–Crippen LogP) is 0.213. The van der Waals surface area contributed by atoms with Crippen molar-refractivity contribution >= 4 is 5.91 Å². The largest absolute Gasteiger partial charge is 0.368 e. The van der Waals surface area contributed by atoms with Gasteiger partial charge in [-0.3, -0.25) is 4.79 Å². The molecule has 1 rings (SSSR count). The normalized spacial score (nSPS) is 33.7. The second-order valence-electron chi connectivity index (χ2n) is 4.92. The number of amides is 1. The van der Waals surface area contributed by atoms with Crippen LogP contribution in [0.3, 0.4) is 0 Å². The molecule has 0 saturated heterocycles. The maximum Gasteiger partial charge on any atom is 0.235 e. The fourth-order valence-electron chi connectivity index (χ4n) is 2.35. The van der Waals surface area contributed by atoms with Gasteiger partial charge in [0.25, 0.3) is 0 Å². The molecule has 15 heavy (non-hydrogen) atoms. The average Bonchev–Trinajstić information content (AvgIpc) is 2.15. The zero-order valence-electron chi connectivity index (χ0n) is 9.70. The first-order valence-corrected chi connectivity index (χ1v) is 5.79. The molecule has 0 heterocycles. The molecule has 4 nitrogen and oxygen atoms in total. The molecule has 1 aliphatic carbocycles. The minimum Gasteiger partial charge on any atom is -0.368 e. The molecule has 88 valence electrons. The molecule has 4 unspecified atom stereocenters. The van der Waals surface area contributed by atoms with Gasteiger partial charge in [-0.05, 0) is 31.1 Å². The fourth-order valence-corrected chi connectivity index (χ4v) is 2.35. The smallest absolute Gasteiger partial charge is 0.235 e. The van der Waals surface area contributed by atoms with E-state index in [2.05, 4.69) is 19.2 Å². The number of nitrogens with one attached hydrogen (secondary N) is 1. The van der Waals surface area contributed by atoms with E-state index < -0.39 is 11.9 Å². The molecule has 1 fully saturated rings. The first-order chi connectivity index (χ1) is 7.00. The summed E-state index contributed by atoms with van der Waals surface area (Å²) in [5.74, 6) is 1.05. The second-order valence-corrected chi connectivity index (χ2v) is 4.92. The molecule has 4 heteroatoms. The van der Waals surface area contributed by atoms with Gasteiger partial charge in [0, 0.05) is 12.6 Å². The molecule has 0 spiro atoms. The van der Waals surface area contributed by atoms with E-state index in [1.165, 1.54) is 19.3 Å². The lowest BCUT2D eigenvalue weighted by Crippen LogP contribution is -2.49. The summed E-state index contributed by atoms with van der Waals surface area (Å²) in [6, 6.07) is -0.0665. The highest BCUT2D eigenvalue weighted by Crippen LogP contribution is 2.28. The molecular weight excluding hydrogens is 190 g/mol. The maximum absolute atomic E-state index is 10.8. The summed E-state index contributed by atoms with van der Waals surface area (Å²) in [5, 5.41) is 3.35. The number of carbonyl (C=O) groups excluding carboxylic acids is 1. The number of primary amides is 1. The van der Waals surface area contributed by atoms with E-state index in [9.17, 15) is 4.79 Å². The monoisotopic (exact) mass is 213 g/mol. The summed E-state index contributed by atoms with van der Waals surface area (Å²) in [7, 11) is 0. The van der Waals surface area contributed by atoms with Crippen molar-refractivity contribution < 1.29 is 4.79 Å². The van der Waals surface area contributed by atoms with Crippen molar-refractivity contribution in [1.29, 1.82) is 0 Å². The second kappa shape index (κ2) is 5.47. The lowest BCUT2D eigenvalue weighted by Gasteiger charge is -2.33. The van der Waals surface area contributed by atoms with Crippen LogP contribution in [-0.2, 0) is 4.79 Å². The third-order valence-electron chi connectivity index (χ3n) is 3.40. The topological polar surface area (TPSA) is 81.1 Å². The molecule has 0 aromatic rings. The number of hydrogen-bond donors (Lipinski definition) is 3. The van der Waals surface area contributed by atoms with Gasteiger partial charge in [0.1, 0.15) is 0 Å². The van der Waals surface area contributed by atoms with Crippen LogP contribution < -0.4 is 16.8 Å². The summed E-state index contributed by atoms with van der Waals surface area (Å²) in [6.07, 6.45) is 3.69. The van der Waals surface area contributed by atoms with Gasteiger partial charge in [0.15, 0.2) is 0 Å². The van der Waals surface area contributed by atoms with Crippen LogP contribution in [0.2, 0.25) is 0 Å². The lowest BCUT2D eigenvalue weighted by molar-refractivity contribution is -0.119. The number of nitrogens with two attached hydrogens (primary N) is 2. The van der Waals surface area contributed by atoms with Crippen molar-refractivity contribution in [2.45, 2.75) is 45.2 Å². The van der Waals surface area contributed by atoms with Crippen molar-refractivity contribution in [3.05, 3.63) is 0 Å². The first-order valence-electron chi connectivity index (χ1n) is 5.79. The Hall–Kier alpha value is -0.610. The molecule has 0 aromatic carbocycles. The van der Waals surface area contributed by atoms with Crippen LogP contribution in [0.5, 0.6) is 0 Å². The van der Waals surface area contributed by atoms with E-state index in [0.29, 0.717) is 18.5 Å². The highest BCUT2D eigenvalue weighted by Gasteiger charge is 2.25. The Morgan fingerprint density at radius 2 is 2.13 bits per heavy atom. The van der Waals surface area contributed by atoms with Crippen molar-refractivity contribution in [1.82, 2.24) is 5.32 Å². The van der Waals surface area contributed by atoms with Crippen LogP contribution >= 0.6 is 0 Å². The molecular formula is C11H23N3O. The lowest BCUT2D eigenvalue weighted by atomic mass is 9.80. The van der Waals surface area contributed by atoms with E-state index in [1.807, 2.05) is 0 Å². The van der Waals surface area contributed by atoms with Crippen molar-refractivity contribution in [3.8, 4) is 0 Å². The van der Waals surface area contributed by atoms with E-state index in [1.54, 1.807) is 0 Å². The molecule has 0 aliphatic heterocycles. The molecule has 0 aromatic heterocycles. The molecule has 1 amide bonds. The number of hydrogen-bond acceptors (Lipinski definition) is 3. The van der Waals surface area contributed by atoms with E-state index in [0.717, 1.165) is 5.92 Å². The van der Waals surface area contributed by atoms with Crippen LogP contribution in [0, 0.1) is 11.8 Å². The summed E-state index contributed by atoms with van der Waals surface area (Å²) >= 11 is 0. The highest BCUT2D eigenvalue weighted by atomic mass is 16.1. The average molecular weight is 213 g/mol. The van der Waals surface area contributed by atoms with Gasteiger partial charge < -0.3 is 16.8 Å². The Balaban J connectivity index is 2.29. The van der Waals surface area contributed by atoms with E-state index in [-0.39, 0.29) is 0 Å². The Bertz CT molecular complexity index is 220. The van der Waals surface area contributed by atoms with Crippen LogP contribution in [0.15, 0.2) is 0 Å². The minimum atomic E-state index is -0.559. The molecule has 0 bridgehead atoms. The zero-order valence-corrected chi connectivity index (χ0v) is 9.70. The highest BCUT2D eigenvalue weighted by molar-refractivity contribution is 5.79. The molecule has 1 saturated carbocycles. The third-order valence-corrected chi connectivity index (χ3v) is 3.40. The fraction of sp³-hybridized carbons (Fsp3) is 0.909. The zero-order chi connectivity index (χ0) is 11.4. The van der Waals surface area contributed by atoms with Gasteiger partial charge in [-0.2, -0.15) is 0 Å². The Labute approximate surface area is 91.8 Å². The van der Waals surface area contributed by atoms with Crippen LogP contribution in [-0.4, -0.2) is 24.5 Å². The van der Waals surface area contributed by atoms with Crippen molar-refractivity contribution in [3.63, 3.8) is 0 Å².